The van der Waals surface area contributed by atoms with Gasteiger partial charge in [-0.3, -0.25) is 4.79 Å². The first-order valence-corrected chi connectivity index (χ1v) is 4.63. The summed E-state index contributed by atoms with van der Waals surface area (Å²) in [5, 5.41) is 11.8. The molecule has 0 aromatic rings. The van der Waals surface area contributed by atoms with Crippen LogP contribution in [0.3, 0.4) is 0 Å². The molecule has 13 heavy (non-hydrogen) atoms. The van der Waals surface area contributed by atoms with Crippen molar-refractivity contribution in [3.8, 4) is 0 Å². The molecule has 1 amide bonds. The molecule has 4 N–H and O–H groups in total. The molecule has 1 rings (SSSR count). The number of rotatable bonds is 3. The van der Waals surface area contributed by atoms with Crippen molar-refractivity contribution in [3.63, 3.8) is 0 Å². The molecule has 0 aromatic carbocycles. The standard InChI is InChI=1S/C9H18N2O2/c1-9(2,10)5-8(13)11-6-3-7(12)4-6/h6-7,12H,3-5,10H2,1-2H3,(H,11,13). The molecule has 4 heteroatoms. The quantitative estimate of drug-likeness (QED) is 0.569. The second kappa shape index (κ2) is 3.64. The molecule has 0 unspecified atom stereocenters. The number of nitrogens with one attached hydrogen (secondary N) is 1. The van der Waals surface area contributed by atoms with E-state index in [1.165, 1.54) is 0 Å². The maximum Gasteiger partial charge on any atom is 0.222 e. The average molecular weight is 186 g/mol. The molecular formula is C9H18N2O2. The molecule has 0 aromatic heterocycles. The SMILES string of the molecule is CC(C)(N)CC(=O)NC1CC(O)C1. The molecule has 0 heterocycles. The molecule has 1 saturated carbocycles. The topological polar surface area (TPSA) is 75.4 Å². The van der Waals surface area contributed by atoms with Crippen molar-refractivity contribution in [2.24, 2.45) is 5.73 Å². The summed E-state index contributed by atoms with van der Waals surface area (Å²) in [4.78, 5) is 11.3. The van der Waals surface area contributed by atoms with Crippen LogP contribution in [0.5, 0.6) is 0 Å². The number of hydrogen-bond donors (Lipinski definition) is 3. The van der Waals surface area contributed by atoms with Crippen LogP contribution in [0.2, 0.25) is 0 Å². The van der Waals surface area contributed by atoms with Crippen molar-refractivity contribution in [2.75, 3.05) is 0 Å². The summed E-state index contributed by atoms with van der Waals surface area (Å²) in [5.41, 5.74) is 5.24. The summed E-state index contributed by atoms with van der Waals surface area (Å²) in [6, 6.07) is 0.157. The number of hydrogen-bond acceptors (Lipinski definition) is 3. The summed E-state index contributed by atoms with van der Waals surface area (Å²) in [7, 11) is 0. The summed E-state index contributed by atoms with van der Waals surface area (Å²) < 4.78 is 0. The van der Waals surface area contributed by atoms with Crippen LogP contribution >= 0.6 is 0 Å². The fourth-order valence-electron chi connectivity index (χ4n) is 1.40. The van der Waals surface area contributed by atoms with Gasteiger partial charge in [0.05, 0.1) is 6.10 Å². The van der Waals surface area contributed by atoms with Crippen molar-refractivity contribution < 1.29 is 9.90 Å². The number of amides is 1. The molecular weight excluding hydrogens is 168 g/mol. The summed E-state index contributed by atoms with van der Waals surface area (Å²) >= 11 is 0. The Hall–Kier alpha value is -0.610. The second-order valence-corrected chi connectivity index (χ2v) is 4.56. The molecule has 0 spiro atoms. The van der Waals surface area contributed by atoms with Gasteiger partial charge in [-0.25, -0.2) is 0 Å². The Morgan fingerprint density at radius 3 is 2.54 bits per heavy atom. The van der Waals surface area contributed by atoms with E-state index in [0.29, 0.717) is 19.3 Å². The highest BCUT2D eigenvalue weighted by Gasteiger charge is 2.29. The van der Waals surface area contributed by atoms with Gasteiger partial charge >= 0.3 is 0 Å². The lowest BCUT2D eigenvalue weighted by atomic mass is 9.89. The van der Waals surface area contributed by atoms with Crippen LogP contribution in [0.15, 0.2) is 0 Å². The lowest BCUT2D eigenvalue weighted by Crippen LogP contribution is -2.49. The Bertz CT molecular complexity index is 192. The van der Waals surface area contributed by atoms with E-state index in [0.717, 1.165) is 0 Å². The van der Waals surface area contributed by atoms with Gasteiger partial charge in [-0.1, -0.05) is 0 Å². The highest BCUT2D eigenvalue weighted by Crippen LogP contribution is 2.19. The third-order valence-electron chi connectivity index (χ3n) is 2.09. The van der Waals surface area contributed by atoms with Gasteiger partial charge in [0, 0.05) is 18.0 Å². The van der Waals surface area contributed by atoms with Gasteiger partial charge in [0.2, 0.25) is 5.91 Å². The van der Waals surface area contributed by atoms with Crippen LogP contribution in [-0.2, 0) is 4.79 Å². The predicted molar refractivity (Wildman–Crippen MR) is 50.1 cm³/mol. The molecule has 0 aliphatic heterocycles. The van der Waals surface area contributed by atoms with Crippen LogP contribution in [0.4, 0.5) is 0 Å². The van der Waals surface area contributed by atoms with E-state index in [2.05, 4.69) is 5.32 Å². The number of nitrogens with two attached hydrogens (primary N) is 1. The molecule has 0 saturated heterocycles. The largest absolute Gasteiger partial charge is 0.393 e. The first-order valence-electron chi connectivity index (χ1n) is 4.63. The van der Waals surface area contributed by atoms with Crippen LogP contribution in [0.1, 0.15) is 33.1 Å². The summed E-state index contributed by atoms with van der Waals surface area (Å²) in [6.45, 7) is 3.64. The summed E-state index contributed by atoms with van der Waals surface area (Å²) in [6.07, 6.45) is 1.46. The number of carbonyl (C=O) groups is 1. The first kappa shape index (κ1) is 10.5. The van der Waals surface area contributed by atoms with E-state index < -0.39 is 5.54 Å². The normalized spacial score (nSPS) is 28.0. The van der Waals surface area contributed by atoms with Crippen LogP contribution in [-0.4, -0.2) is 28.7 Å². The van der Waals surface area contributed by atoms with Gasteiger partial charge in [-0.15, -0.1) is 0 Å². The van der Waals surface area contributed by atoms with E-state index >= 15 is 0 Å². The average Bonchev–Trinajstić information content (AvgIpc) is 1.79. The Morgan fingerprint density at radius 1 is 1.62 bits per heavy atom. The Morgan fingerprint density at radius 2 is 2.15 bits per heavy atom. The van der Waals surface area contributed by atoms with E-state index in [-0.39, 0.29) is 18.1 Å². The molecule has 0 atom stereocenters. The number of carbonyl (C=O) groups excluding carboxylic acids is 1. The van der Waals surface area contributed by atoms with Crippen molar-refractivity contribution in [3.05, 3.63) is 0 Å². The van der Waals surface area contributed by atoms with Gasteiger partial charge in [0.25, 0.3) is 0 Å². The minimum Gasteiger partial charge on any atom is -0.393 e. The minimum absolute atomic E-state index is 0.0237. The Labute approximate surface area is 78.5 Å². The predicted octanol–water partition coefficient (Wildman–Crippen LogP) is -0.247. The van der Waals surface area contributed by atoms with Crippen LogP contribution in [0, 0.1) is 0 Å². The lowest BCUT2D eigenvalue weighted by Gasteiger charge is -2.32. The highest BCUT2D eigenvalue weighted by atomic mass is 16.3. The lowest BCUT2D eigenvalue weighted by molar-refractivity contribution is -0.124. The third-order valence-corrected chi connectivity index (χ3v) is 2.09. The fraction of sp³-hybridized carbons (Fsp3) is 0.889. The molecule has 4 nitrogen and oxygen atoms in total. The molecule has 1 aliphatic carbocycles. The van der Waals surface area contributed by atoms with Gasteiger partial charge in [0.1, 0.15) is 0 Å². The van der Waals surface area contributed by atoms with E-state index in [9.17, 15) is 4.79 Å². The number of aliphatic hydroxyl groups is 1. The first-order chi connectivity index (χ1) is 5.87. The maximum absolute atomic E-state index is 11.3. The van der Waals surface area contributed by atoms with E-state index in [1.807, 2.05) is 13.8 Å². The van der Waals surface area contributed by atoms with Gasteiger partial charge in [-0.2, -0.15) is 0 Å². The highest BCUT2D eigenvalue weighted by molar-refractivity contribution is 5.77. The minimum atomic E-state index is -0.452. The van der Waals surface area contributed by atoms with Gasteiger partial charge in [-0.05, 0) is 26.7 Å². The molecule has 1 aliphatic rings. The van der Waals surface area contributed by atoms with Crippen LogP contribution in [0.25, 0.3) is 0 Å². The molecule has 76 valence electrons. The molecule has 1 fully saturated rings. The zero-order chi connectivity index (χ0) is 10.1. The van der Waals surface area contributed by atoms with Crippen LogP contribution < -0.4 is 11.1 Å². The zero-order valence-corrected chi connectivity index (χ0v) is 8.21. The maximum atomic E-state index is 11.3. The van der Waals surface area contributed by atoms with Crippen molar-refractivity contribution in [1.29, 1.82) is 0 Å². The zero-order valence-electron chi connectivity index (χ0n) is 8.21. The number of aliphatic hydroxyl groups excluding tert-OH is 1. The monoisotopic (exact) mass is 186 g/mol. The fourth-order valence-corrected chi connectivity index (χ4v) is 1.40. The van der Waals surface area contributed by atoms with E-state index in [1.54, 1.807) is 0 Å². The summed E-state index contributed by atoms with van der Waals surface area (Å²) in [5.74, 6) is -0.0237. The van der Waals surface area contributed by atoms with Crippen molar-refractivity contribution in [2.45, 2.75) is 50.8 Å². The van der Waals surface area contributed by atoms with Gasteiger partial charge < -0.3 is 16.2 Å². The third kappa shape index (κ3) is 3.74. The second-order valence-electron chi connectivity index (χ2n) is 4.56. The molecule has 0 bridgehead atoms. The Balaban J connectivity index is 2.19. The van der Waals surface area contributed by atoms with Crippen molar-refractivity contribution >= 4 is 5.91 Å². The Kier molecular flexibility index (Phi) is 2.93. The van der Waals surface area contributed by atoms with E-state index in [4.69, 9.17) is 10.8 Å². The smallest absolute Gasteiger partial charge is 0.222 e. The van der Waals surface area contributed by atoms with Gasteiger partial charge in [0.15, 0.2) is 0 Å². The molecule has 0 radical (unpaired) electrons. The van der Waals surface area contributed by atoms with Crippen molar-refractivity contribution in [1.82, 2.24) is 5.32 Å².